The molecule has 0 spiro atoms. The third kappa shape index (κ3) is 4.08. The number of hydrogen-bond acceptors (Lipinski definition) is 4. The molecule has 5 rings (SSSR count). The van der Waals surface area contributed by atoms with Gasteiger partial charge in [0, 0.05) is 48.7 Å². The lowest BCUT2D eigenvalue weighted by Gasteiger charge is -2.34. The third-order valence-electron chi connectivity index (χ3n) is 6.19. The molecule has 3 aromatic rings. The van der Waals surface area contributed by atoms with E-state index >= 15 is 0 Å². The highest BCUT2D eigenvalue weighted by Gasteiger charge is 2.26. The van der Waals surface area contributed by atoms with E-state index < -0.39 is 0 Å². The largest absolute Gasteiger partial charge is 0.371 e. The van der Waals surface area contributed by atoms with E-state index in [-0.39, 0.29) is 0 Å². The van der Waals surface area contributed by atoms with Crippen LogP contribution in [0.5, 0.6) is 0 Å². The fraction of sp³-hybridized carbons (Fsp3) is 0.478. The number of aromatic nitrogens is 4. The Morgan fingerprint density at radius 3 is 2.38 bits per heavy atom. The van der Waals surface area contributed by atoms with Crippen molar-refractivity contribution in [3.8, 4) is 5.69 Å². The SMILES string of the molecule is Cc1cc(C)n(-c2ccc(N3CCC(NCc4cc(C5CC5)n[nH]4)CC3)cc2)n1. The monoisotopic (exact) mass is 390 g/mol. The summed E-state index contributed by atoms with van der Waals surface area (Å²) in [6, 6.07) is 13.7. The fourth-order valence-electron chi connectivity index (χ4n) is 4.35. The Bertz CT molecular complexity index is 958. The van der Waals surface area contributed by atoms with Crippen LogP contribution in [0.25, 0.3) is 5.69 Å². The third-order valence-corrected chi connectivity index (χ3v) is 6.19. The summed E-state index contributed by atoms with van der Waals surface area (Å²) in [5.74, 6) is 0.718. The van der Waals surface area contributed by atoms with Crippen molar-refractivity contribution in [2.24, 2.45) is 0 Å². The first-order valence-electron chi connectivity index (χ1n) is 10.8. The molecule has 2 aliphatic rings. The van der Waals surface area contributed by atoms with Gasteiger partial charge in [-0.25, -0.2) is 4.68 Å². The van der Waals surface area contributed by atoms with E-state index in [1.807, 2.05) is 11.6 Å². The molecule has 29 heavy (non-hydrogen) atoms. The number of hydrogen-bond donors (Lipinski definition) is 2. The minimum Gasteiger partial charge on any atom is -0.371 e. The van der Waals surface area contributed by atoms with E-state index in [1.54, 1.807) is 0 Å². The smallest absolute Gasteiger partial charge is 0.0656 e. The van der Waals surface area contributed by atoms with Crippen molar-refractivity contribution in [2.75, 3.05) is 18.0 Å². The molecule has 2 fully saturated rings. The minimum absolute atomic E-state index is 0.577. The molecule has 0 atom stereocenters. The molecule has 1 saturated carbocycles. The van der Waals surface area contributed by atoms with E-state index in [2.05, 4.69) is 68.8 Å². The van der Waals surface area contributed by atoms with Gasteiger partial charge >= 0.3 is 0 Å². The molecule has 0 unspecified atom stereocenters. The number of piperidine rings is 1. The van der Waals surface area contributed by atoms with Gasteiger partial charge in [-0.05, 0) is 75.9 Å². The highest BCUT2D eigenvalue weighted by Crippen LogP contribution is 2.39. The van der Waals surface area contributed by atoms with Gasteiger partial charge in [0.2, 0.25) is 0 Å². The van der Waals surface area contributed by atoms with E-state index in [0.29, 0.717) is 6.04 Å². The number of benzene rings is 1. The zero-order valence-electron chi connectivity index (χ0n) is 17.4. The number of H-pyrrole nitrogens is 1. The highest BCUT2D eigenvalue weighted by atomic mass is 15.3. The van der Waals surface area contributed by atoms with E-state index in [1.165, 1.54) is 48.5 Å². The number of aromatic amines is 1. The Labute approximate surface area is 172 Å². The quantitative estimate of drug-likeness (QED) is 0.671. The predicted octanol–water partition coefficient (Wildman–Crippen LogP) is 3.85. The Balaban J connectivity index is 1.13. The van der Waals surface area contributed by atoms with E-state index in [9.17, 15) is 0 Å². The summed E-state index contributed by atoms with van der Waals surface area (Å²) in [5, 5.41) is 15.9. The van der Waals surface area contributed by atoms with Crippen LogP contribution in [0.4, 0.5) is 5.69 Å². The van der Waals surface area contributed by atoms with Crippen LogP contribution in [0.3, 0.4) is 0 Å². The van der Waals surface area contributed by atoms with Crippen LogP contribution in [0.1, 0.15) is 54.4 Å². The molecule has 1 aromatic carbocycles. The van der Waals surface area contributed by atoms with Crippen LogP contribution in [0.15, 0.2) is 36.4 Å². The van der Waals surface area contributed by atoms with Crippen LogP contribution < -0.4 is 10.2 Å². The molecule has 1 aliphatic heterocycles. The summed E-state index contributed by atoms with van der Waals surface area (Å²) in [6.07, 6.45) is 4.95. The first-order valence-corrected chi connectivity index (χ1v) is 10.8. The summed E-state index contributed by atoms with van der Waals surface area (Å²) in [6.45, 7) is 7.21. The fourth-order valence-corrected chi connectivity index (χ4v) is 4.35. The molecule has 1 saturated heterocycles. The van der Waals surface area contributed by atoms with Crippen LogP contribution in [-0.2, 0) is 6.54 Å². The van der Waals surface area contributed by atoms with Crippen molar-refractivity contribution >= 4 is 5.69 Å². The van der Waals surface area contributed by atoms with Gasteiger partial charge in [0.25, 0.3) is 0 Å². The summed E-state index contributed by atoms with van der Waals surface area (Å²) >= 11 is 0. The number of nitrogens with one attached hydrogen (secondary N) is 2. The van der Waals surface area contributed by atoms with Crippen molar-refractivity contribution in [2.45, 2.75) is 58.0 Å². The molecule has 0 bridgehead atoms. The molecule has 2 N–H and O–H groups in total. The zero-order valence-corrected chi connectivity index (χ0v) is 17.4. The topological polar surface area (TPSA) is 61.8 Å². The summed E-state index contributed by atoms with van der Waals surface area (Å²) in [7, 11) is 0. The molecular weight excluding hydrogens is 360 g/mol. The Morgan fingerprint density at radius 1 is 1.00 bits per heavy atom. The van der Waals surface area contributed by atoms with Crippen LogP contribution >= 0.6 is 0 Å². The van der Waals surface area contributed by atoms with Crippen LogP contribution in [0, 0.1) is 13.8 Å². The van der Waals surface area contributed by atoms with Crippen LogP contribution in [-0.4, -0.2) is 39.1 Å². The molecule has 3 heterocycles. The standard InChI is InChI=1S/C23H30N6/c1-16-13-17(2)29(27-16)22-7-5-21(6-8-22)28-11-9-19(10-12-28)24-15-20-14-23(26-25-20)18-3-4-18/h5-8,13-14,18-19,24H,3-4,9-12,15H2,1-2H3,(H,25,26). The first kappa shape index (κ1) is 18.4. The Kier molecular flexibility index (Phi) is 4.87. The summed E-state index contributed by atoms with van der Waals surface area (Å²) in [5.41, 5.74) is 7.12. The van der Waals surface area contributed by atoms with Crippen molar-refractivity contribution in [3.63, 3.8) is 0 Å². The van der Waals surface area contributed by atoms with Crippen molar-refractivity contribution in [1.29, 1.82) is 0 Å². The second-order valence-corrected chi connectivity index (χ2v) is 8.59. The molecule has 1 aliphatic carbocycles. The second kappa shape index (κ2) is 7.67. The lowest BCUT2D eigenvalue weighted by atomic mass is 10.0. The molecule has 0 radical (unpaired) electrons. The van der Waals surface area contributed by atoms with Gasteiger partial charge in [-0.15, -0.1) is 0 Å². The number of aryl methyl sites for hydroxylation is 2. The van der Waals surface area contributed by atoms with Gasteiger partial charge in [0.1, 0.15) is 0 Å². The van der Waals surface area contributed by atoms with Gasteiger partial charge in [0.15, 0.2) is 0 Å². The van der Waals surface area contributed by atoms with Crippen molar-refractivity contribution in [1.82, 2.24) is 25.3 Å². The number of anilines is 1. The van der Waals surface area contributed by atoms with Crippen LogP contribution in [0.2, 0.25) is 0 Å². The number of rotatable bonds is 6. The lowest BCUT2D eigenvalue weighted by Crippen LogP contribution is -2.42. The van der Waals surface area contributed by atoms with Gasteiger partial charge < -0.3 is 10.2 Å². The maximum atomic E-state index is 4.58. The molecule has 2 aromatic heterocycles. The maximum absolute atomic E-state index is 4.58. The molecular formula is C23H30N6. The molecule has 0 amide bonds. The number of nitrogens with zero attached hydrogens (tertiary/aromatic N) is 4. The van der Waals surface area contributed by atoms with Gasteiger partial charge in [0.05, 0.1) is 17.1 Å². The first-order chi connectivity index (χ1) is 14.2. The van der Waals surface area contributed by atoms with Gasteiger partial charge in [-0.1, -0.05) is 0 Å². The van der Waals surface area contributed by atoms with Gasteiger partial charge in [-0.3, -0.25) is 5.10 Å². The average molecular weight is 391 g/mol. The molecule has 6 nitrogen and oxygen atoms in total. The second-order valence-electron chi connectivity index (χ2n) is 8.59. The molecule has 152 valence electrons. The predicted molar refractivity (Wildman–Crippen MR) is 116 cm³/mol. The normalized spacial score (nSPS) is 17.8. The average Bonchev–Trinajstić information content (AvgIpc) is 3.39. The highest BCUT2D eigenvalue weighted by molar-refractivity contribution is 5.51. The summed E-state index contributed by atoms with van der Waals surface area (Å²) < 4.78 is 2.01. The van der Waals surface area contributed by atoms with Gasteiger partial charge in [-0.2, -0.15) is 10.2 Å². The Hall–Kier alpha value is -2.60. The van der Waals surface area contributed by atoms with Crippen molar-refractivity contribution < 1.29 is 0 Å². The maximum Gasteiger partial charge on any atom is 0.0656 e. The minimum atomic E-state index is 0.577. The molecule has 6 heteroatoms. The summed E-state index contributed by atoms with van der Waals surface area (Å²) in [4.78, 5) is 2.49. The Morgan fingerprint density at radius 2 is 1.72 bits per heavy atom. The van der Waals surface area contributed by atoms with Crippen molar-refractivity contribution in [3.05, 3.63) is 59.2 Å². The lowest BCUT2D eigenvalue weighted by molar-refractivity contribution is 0.412. The zero-order chi connectivity index (χ0) is 19.8. The van der Waals surface area contributed by atoms with E-state index in [4.69, 9.17) is 0 Å². The van der Waals surface area contributed by atoms with E-state index in [0.717, 1.165) is 36.9 Å².